The van der Waals surface area contributed by atoms with Crippen molar-refractivity contribution in [2.75, 3.05) is 27.2 Å². The van der Waals surface area contributed by atoms with Crippen molar-refractivity contribution in [2.45, 2.75) is 13.8 Å². The van der Waals surface area contributed by atoms with E-state index in [1.54, 1.807) is 0 Å². The molecule has 1 aromatic rings. The van der Waals surface area contributed by atoms with Crippen molar-refractivity contribution in [3.8, 4) is 5.75 Å². The smallest absolute Gasteiger partial charge is 0.258 e. The van der Waals surface area contributed by atoms with Gasteiger partial charge in [-0.25, -0.2) is 8.78 Å². The molecule has 20 heavy (non-hydrogen) atoms. The van der Waals surface area contributed by atoms with Crippen molar-refractivity contribution >= 4 is 5.91 Å². The zero-order valence-electron chi connectivity index (χ0n) is 12.1. The Labute approximate surface area is 117 Å². The Kier molecular flexibility index (Phi) is 5.05. The molecule has 0 fully saturated rings. The van der Waals surface area contributed by atoms with E-state index in [-0.39, 0.29) is 5.41 Å². The van der Waals surface area contributed by atoms with Crippen LogP contribution in [0.25, 0.3) is 0 Å². The van der Waals surface area contributed by atoms with Gasteiger partial charge in [0.25, 0.3) is 5.91 Å². The maximum Gasteiger partial charge on any atom is 0.258 e. The van der Waals surface area contributed by atoms with E-state index < -0.39 is 28.9 Å². The average Bonchev–Trinajstić information content (AvgIpc) is 2.23. The molecule has 0 aliphatic carbocycles. The Balaban J connectivity index is 2.78. The number of carbonyl (C=O) groups excluding carboxylic acids is 1. The zero-order chi connectivity index (χ0) is 15.5. The molecule has 0 aromatic heterocycles. The molecule has 2 N–H and O–H groups in total. The molecular formula is C14H20F2N2O2. The molecule has 0 radical (unpaired) electrons. The zero-order valence-corrected chi connectivity index (χ0v) is 12.1. The van der Waals surface area contributed by atoms with Gasteiger partial charge in [0, 0.05) is 25.2 Å². The minimum Gasteiger partial charge on any atom is -0.507 e. The van der Waals surface area contributed by atoms with Crippen LogP contribution >= 0.6 is 0 Å². The summed E-state index contributed by atoms with van der Waals surface area (Å²) in [4.78, 5) is 13.9. The summed E-state index contributed by atoms with van der Waals surface area (Å²) in [6.07, 6.45) is 0. The van der Waals surface area contributed by atoms with Gasteiger partial charge in [-0.05, 0) is 19.5 Å². The van der Waals surface area contributed by atoms with Crippen LogP contribution in [-0.4, -0.2) is 43.1 Å². The first-order valence-electron chi connectivity index (χ1n) is 6.23. The number of nitrogens with zero attached hydrogens (tertiary/aromatic N) is 1. The Morgan fingerprint density at radius 3 is 2.45 bits per heavy atom. The fourth-order valence-electron chi connectivity index (χ4n) is 2.10. The quantitative estimate of drug-likeness (QED) is 0.870. The maximum absolute atomic E-state index is 13.5. The SMILES string of the molecule is CN(C)CC(C)(C)CNC(=O)c1c(O)cc(F)cc1F. The lowest BCUT2D eigenvalue weighted by Gasteiger charge is -2.28. The number of benzene rings is 1. The van der Waals surface area contributed by atoms with E-state index >= 15 is 0 Å². The van der Waals surface area contributed by atoms with Crippen LogP contribution in [0.2, 0.25) is 0 Å². The van der Waals surface area contributed by atoms with Gasteiger partial charge < -0.3 is 15.3 Å². The predicted molar refractivity (Wildman–Crippen MR) is 72.7 cm³/mol. The maximum atomic E-state index is 13.5. The third-order valence-corrected chi connectivity index (χ3v) is 2.73. The molecular weight excluding hydrogens is 266 g/mol. The number of amides is 1. The number of hydrogen-bond donors (Lipinski definition) is 2. The molecule has 6 heteroatoms. The number of nitrogens with one attached hydrogen (secondary N) is 1. The van der Waals surface area contributed by atoms with E-state index in [1.807, 2.05) is 32.8 Å². The van der Waals surface area contributed by atoms with Crippen LogP contribution in [0, 0.1) is 17.0 Å². The van der Waals surface area contributed by atoms with E-state index in [1.165, 1.54) is 0 Å². The Morgan fingerprint density at radius 2 is 1.95 bits per heavy atom. The lowest BCUT2D eigenvalue weighted by molar-refractivity contribution is 0.0922. The van der Waals surface area contributed by atoms with Gasteiger partial charge in [-0.1, -0.05) is 13.8 Å². The molecule has 0 heterocycles. The summed E-state index contributed by atoms with van der Waals surface area (Å²) in [5.74, 6) is -3.47. The van der Waals surface area contributed by atoms with Gasteiger partial charge in [-0.2, -0.15) is 0 Å². The first-order chi connectivity index (χ1) is 9.12. The van der Waals surface area contributed by atoms with Crippen LogP contribution in [-0.2, 0) is 0 Å². The summed E-state index contributed by atoms with van der Waals surface area (Å²) in [5, 5.41) is 12.0. The molecule has 1 amide bonds. The lowest BCUT2D eigenvalue weighted by atomic mass is 9.93. The van der Waals surface area contributed by atoms with Crippen molar-refractivity contribution in [1.82, 2.24) is 10.2 Å². The number of aromatic hydroxyl groups is 1. The molecule has 0 saturated carbocycles. The fourth-order valence-corrected chi connectivity index (χ4v) is 2.10. The third-order valence-electron chi connectivity index (χ3n) is 2.73. The molecule has 0 spiro atoms. The molecule has 0 aliphatic rings. The van der Waals surface area contributed by atoms with Gasteiger partial charge in [0.15, 0.2) is 0 Å². The highest BCUT2D eigenvalue weighted by Crippen LogP contribution is 2.22. The van der Waals surface area contributed by atoms with Crippen molar-refractivity contribution in [1.29, 1.82) is 0 Å². The molecule has 0 saturated heterocycles. The van der Waals surface area contributed by atoms with Crippen LogP contribution in [0.1, 0.15) is 24.2 Å². The number of phenolic OH excluding ortho intramolecular Hbond substituents is 1. The highest BCUT2D eigenvalue weighted by atomic mass is 19.1. The fraction of sp³-hybridized carbons (Fsp3) is 0.500. The third kappa shape index (κ3) is 4.45. The second-order valence-electron chi connectivity index (χ2n) is 5.87. The van der Waals surface area contributed by atoms with E-state index in [0.29, 0.717) is 18.7 Å². The molecule has 112 valence electrons. The molecule has 0 bridgehead atoms. The molecule has 1 aromatic carbocycles. The van der Waals surface area contributed by atoms with Crippen molar-refractivity contribution in [2.24, 2.45) is 5.41 Å². The normalized spacial score (nSPS) is 11.8. The largest absolute Gasteiger partial charge is 0.507 e. The van der Waals surface area contributed by atoms with E-state index in [4.69, 9.17) is 0 Å². The van der Waals surface area contributed by atoms with Gasteiger partial charge in [-0.3, -0.25) is 4.79 Å². The second kappa shape index (κ2) is 6.17. The number of rotatable bonds is 5. The van der Waals surface area contributed by atoms with Crippen LogP contribution in [0.4, 0.5) is 8.78 Å². The highest BCUT2D eigenvalue weighted by molar-refractivity contribution is 5.97. The lowest BCUT2D eigenvalue weighted by Crippen LogP contribution is -2.40. The first kappa shape index (κ1) is 16.4. The first-order valence-corrected chi connectivity index (χ1v) is 6.23. The summed E-state index contributed by atoms with van der Waals surface area (Å²) in [6, 6.07) is 1.28. The van der Waals surface area contributed by atoms with Gasteiger partial charge >= 0.3 is 0 Å². The minimum atomic E-state index is -1.08. The van der Waals surface area contributed by atoms with Crippen LogP contribution in [0.5, 0.6) is 5.75 Å². The summed E-state index contributed by atoms with van der Waals surface area (Å²) in [5.41, 5.74) is -0.752. The topological polar surface area (TPSA) is 52.6 Å². The van der Waals surface area contributed by atoms with Crippen LogP contribution in [0.3, 0.4) is 0 Å². The van der Waals surface area contributed by atoms with Crippen LogP contribution < -0.4 is 5.32 Å². The summed E-state index contributed by atoms with van der Waals surface area (Å²) in [7, 11) is 3.82. The molecule has 4 nitrogen and oxygen atoms in total. The average molecular weight is 286 g/mol. The van der Waals surface area contributed by atoms with Crippen molar-refractivity contribution in [3.63, 3.8) is 0 Å². The minimum absolute atomic E-state index is 0.217. The van der Waals surface area contributed by atoms with Gasteiger partial charge in [-0.15, -0.1) is 0 Å². The van der Waals surface area contributed by atoms with E-state index in [0.717, 1.165) is 6.54 Å². The molecule has 0 unspecified atom stereocenters. The Hall–Kier alpha value is -1.69. The number of phenols is 1. The highest BCUT2D eigenvalue weighted by Gasteiger charge is 2.23. The standard InChI is InChI=1S/C14H20F2N2O2/c1-14(2,8-18(3)4)7-17-13(20)12-10(16)5-9(15)6-11(12)19/h5-6,19H,7-8H2,1-4H3,(H,17,20). The van der Waals surface area contributed by atoms with Crippen molar-refractivity contribution in [3.05, 3.63) is 29.3 Å². The molecule has 0 aliphatic heterocycles. The summed E-state index contributed by atoms with van der Waals surface area (Å²) in [6.45, 7) is 4.94. The second-order valence-corrected chi connectivity index (χ2v) is 5.87. The number of hydrogen-bond acceptors (Lipinski definition) is 3. The monoisotopic (exact) mass is 286 g/mol. The number of carbonyl (C=O) groups is 1. The summed E-state index contributed by atoms with van der Waals surface area (Å²) < 4.78 is 26.4. The number of halogens is 2. The summed E-state index contributed by atoms with van der Waals surface area (Å²) >= 11 is 0. The molecule has 1 rings (SSSR count). The Morgan fingerprint density at radius 1 is 1.35 bits per heavy atom. The predicted octanol–water partition coefficient (Wildman–Crippen LogP) is 1.99. The van der Waals surface area contributed by atoms with Gasteiger partial charge in [0.2, 0.25) is 0 Å². The van der Waals surface area contributed by atoms with Gasteiger partial charge in [0.1, 0.15) is 22.9 Å². The van der Waals surface area contributed by atoms with E-state index in [9.17, 15) is 18.7 Å². The van der Waals surface area contributed by atoms with E-state index in [2.05, 4.69) is 5.32 Å². The molecule has 0 atom stereocenters. The van der Waals surface area contributed by atoms with Crippen LogP contribution in [0.15, 0.2) is 12.1 Å². The Bertz CT molecular complexity index is 479. The van der Waals surface area contributed by atoms with Gasteiger partial charge in [0.05, 0.1) is 0 Å². The van der Waals surface area contributed by atoms with Crippen molar-refractivity contribution < 1.29 is 18.7 Å².